The van der Waals surface area contributed by atoms with Gasteiger partial charge < -0.3 is 10.1 Å². The predicted octanol–water partition coefficient (Wildman–Crippen LogP) is 4.39. The molecule has 1 aromatic heterocycles. The zero-order valence-corrected chi connectivity index (χ0v) is 16.5. The molecule has 28 heavy (non-hydrogen) atoms. The fourth-order valence-corrected chi connectivity index (χ4v) is 3.20. The molecule has 144 valence electrons. The van der Waals surface area contributed by atoms with E-state index in [4.69, 9.17) is 27.9 Å². The van der Waals surface area contributed by atoms with Crippen LogP contribution >= 0.6 is 23.2 Å². The van der Waals surface area contributed by atoms with Crippen molar-refractivity contribution in [1.82, 2.24) is 20.2 Å². The van der Waals surface area contributed by atoms with Gasteiger partial charge in [-0.2, -0.15) is 0 Å². The van der Waals surface area contributed by atoms with Crippen LogP contribution < -0.4 is 10.1 Å². The van der Waals surface area contributed by atoms with Crippen molar-refractivity contribution >= 4 is 34.8 Å². The fourth-order valence-electron chi connectivity index (χ4n) is 2.74. The lowest BCUT2D eigenvalue weighted by molar-refractivity contribution is -0.122. The first-order valence-electron chi connectivity index (χ1n) is 8.82. The Morgan fingerprint density at radius 3 is 2.82 bits per heavy atom. The Labute approximate surface area is 171 Å². The molecule has 1 atom stereocenters. The lowest BCUT2D eigenvalue weighted by Gasteiger charge is -2.16. The molecule has 1 fully saturated rings. The number of halogens is 2. The molecule has 1 aliphatic carbocycles. The van der Waals surface area contributed by atoms with Crippen LogP contribution in [0.3, 0.4) is 0 Å². The summed E-state index contributed by atoms with van der Waals surface area (Å²) in [7, 11) is 0. The van der Waals surface area contributed by atoms with Crippen molar-refractivity contribution in [1.29, 1.82) is 0 Å². The number of amides is 1. The molecule has 2 aromatic carbocycles. The molecular formula is C19H17Cl2N5O2. The van der Waals surface area contributed by atoms with Crippen molar-refractivity contribution in [2.45, 2.75) is 31.9 Å². The van der Waals surface area contributed by atoms with E-state index in [2.05, 4.69) is 20.8 Å². The molecule has 4 rings (SSSR count). The van der Waals surface area contributed by atoms with Gasteiger partial charge in [0.05, 0.1) is 11.1 Å². The number of hydrogen-bond acceptors (Lipinski definition) is 5. The van der Waals surface area contributed by atoms with Crippen LogP contribution in [0.25, 0.3) is 11.4 Å². The van der Waals surface area contributed by atoms with E-state index in [9.17, 15) is 4.79 Å². The van der Waals surface area contributed by atoms with Gasteiger partial charge in [0.15, 0.2) is 11.9 Å². The number of carbonyl (C=O) groups excluding carboxylic acids is 1. The van der Waals surface area contributed by atoms with E-state index in [1.165, 1.54) is 0 Å². The zero-order valence-electron chi connectivity index (χ0n) is 15.0. The molecular weight excluding hydrogens is 401 g/mol. The Balaban J connectivity index is 1.46. The van der Waals surface area contributed by atoms with Gasteiger partial charge in [0, 0.05) is 16.3 Å². The molecule has 3 aromatic rings. The normalized spacial score (nSPS) is 14.5. The summed E-state index contributed by atoms with van der Waals surface area (Å²) in [5.41, 5.74) is 1.47. The second-order valence-electron chi connectivity index (χ2n) is 6.58. The summed E-state index contributed by atoms with van der Waals surface area (Å²) in [5.74, 6) is 0.784. The van der Waals surface area contributed by atoms with Crippen LogP contribution in [-0.2, 0) is 4.79 Å². The summed E-state index contributed by atoms with van der Waals surface area (Å²) in [5, 5.41) is 15.6. The van der Waals surface area contributed by atoms with Crippen LogP contribution in [0.15, 0.2) is 42.5 Å². The lowest BCUT2D eigenvalue weighted by Crippen LogP contribution is -2.30. The molecule has 1 amide bonds. The van der Waals surface area contributed by atoms with Crippen molar-refractivity contribution in [3.05, 3.63) is 52.5 Å². The summed E-state index contributed by atoms with van der Waals surface area (Å²) in [6.45, 7) is 1.65. The number of aromatic nitrogens is 4. The maximum absolute atomic E-state index is 12.5. The van der Waals surface area contributed by atoms with Gasteiger partial charge in [-0.15, -0.1) is 5.10 Å². The molecule has 0 bridgehead atoms. The fraction of sp³-hybridized carbons (Fsp3) is 0.263. The number of carbonyl (C=O) groups is 1. The van der Waals surface area contributed by atoms with Gasteiger partial charge >= 0.3 is 0 Å². The first-order valence-corrected chi connectivity index (χ1v) is 9.58. The molecule has 1 aliphatic rings. The van der Waals surface area contributed by atoms with E-state index in [0.717, 1.165) is 18.4 Å². The van der Waals surface area contributed by atoms with Crippen LogP contribution in [0.1, 0.15) is 25.8 Å². The number of nitrogens with zero attached hydrogens (tertiary/aromatic N) is 4. The van der Waals surface area contributed by atoms with Crippen molar-refractivity contribution in [3.63, 3.8) is 0 Å². The molecule has 1 heterocycles. The maximum Gasteiger partial charge on any atom is 0.265 e. The molecule has 1 N–H and O–H groups in total. The predicted molar refractivity (Wildman–Crippen MR) is 107 cm³/mol. The number of anilines is 1. The Kier molecular flexibility index (Phi) is 5.19. The monoisotopic (exact) mass is 417 g/mol. The Hall–Kier alpha value is -2.64. The molecule has 0 unspecified atom stereocenters. The molecule has 7 nitrogen and oxygen atoms in total. The lowest BCUT2D eigenvalue weighted by atomic mass is 10.2. The molecule has 9 heteroatoms. The summed E-state index contributed by atoms with van der Waals surface area (Å²) in [6, 6.07) is 12.6. The minimum absolute atomic E-state index is 0.301. The van der Waals surface area contributed by atoms with E-state index in [-0.39, 0.29) is 5.91 Å². The minimum Gasteiger partial charge on any atom is -0.479 e. The average Bonchev–Trinajstić information content (AvgIpc) is 3.40. The summed E-state index contributed by atoms with van der Waals surface area (Å²) < 4.78 is 7.48. The Bertz CT molecular complexity index is 1020. The Morgan fingerprint density at radius 1 is 1.25 bits per heavy atom. The third-order valence-electron chi connectivity index (χ3n) is 4.34. The quantitative estimate of drug-likeness (QED) is 0.642. The largest absolute Gasteiger partial charge is 0.479 e. The van der Waals surface area contributed by atoms with Crippen molar-refractivity contribution in [2.75, 3.05) is 5.32 Å². The topological polar surface area (TPSA) is 81.9 Å². The van der Waals surface area contributed by atoms with Crippen LogP contribution in [-0.4, -0.2) is 32.2 Å². The van der Waals surface area contributed by atoms with Crippen molar-refractivity contribution in [3.8, 4) is 17.1 Å². The molecule has 0 aliphatic heterocycles. The number of tetrazole rings is 1. The number of benzene rings is 2. The van der Waals surface area contributed by atoms with Crippen LogP contribution in [0.5, 0.6) is 5.75 Å². The first kappa shape index (κ1) is 18.7. The molecule has 0 saturated heterocycles. The number of ether oxygens (including phenoxy) is 1. The van der Waals surface area contributed by atoms with Gasteiger partial charge in [-0.3, -0.25) is 4.79 Å². The molecule has 1 saturated carbocycles. The highest BCUT2D eigenvalue weighted by Gasteiger charge is 2.28. The van der Waals surface area contributed by atoms with Gasteiger partial charge in [0.2, 0.25) is 0 Å². The van der Waals surface area contributed by atoms with E-state index in [1.54, 1.807) is 31.2 Å². The van der Waals surface area contributed by atoms with Crippen molar-refractivity contribution in [2.24, 2.45) is 0 Å². The summed E-state index contributed by atoms with van der Waals surface area (Å²) in [4.78, 5) is 12.5. The van der Waals surface area contributed by atoms with E-state index in [0.29, 0.717) is 33.3 Å². The zero-order chi connectivity index (χ0) is 19.7. The highest BCUT2D eigenvalue weighted by molar-refractivity contribution is 6.35. The van der Waals surface area contributed by atoms with Gasteiger partial charge in [-0.05, 0) is 60.5 Å². The van der Waals surface area contributed by atoms with Gasteiger partial charge in [0.25, 0.3) is 5.91 Å². The average molecular weight is 418 g/mol. The second-order valence-corrected chi connectivity index (χ2v) is 7.43. The smallest absolute Gasteiger partial charge is 0.265 e. The second kappa shape index (κ2) is 7.77. The molecule has 0 radical (unpaired) electrons. The van der Waals surface area contributed by atoms with Gasteiger partial charge in [-0.25, -0.2) is 4.68 Å². The third-order valence-corrected chi connectivity index (χ3v) is 4.87. The van der Waals surface area contributed by atoms with E-state index in [1.807, 2.05) is 22.9 Å². The first-order chi connectivity index (χ1) is 13.5. The maximum atomic E-state index is 12.5. The molecule has 0 spiro atoms. The Morgan fingerprint density at radius 2 is 2.07 bits per heavy atom. The number of nitrogens with one attached hydrogen (secondary N) is 1. The van der Waals surface area contributed by atoms with Crippen LogP contribution in [0.2, 0.25) is 10.0 Å². The third kappa shape index (κ3) is 4.10. The van der Waals surface area contributed by atoms with E-state index >= 15 is 0 Å². The van der Waals surface area contributed by atoms with Gasteiger partial charge in [0.1, 0.15) is 5.75 Å². The standard InChI is InChI=1S/C19H17Cl2N5O2/c1-11(28-17-8-5-13(20)10-16(17)21)19(27)22-14-4-2-3-12(9-14)18-23-24-25-26(18)15-6-7-15/h2-5,8-11,15H,6-7H2,1H3,(H,22,27)/t11-/m1/s1. The van der Waals surface area contributed by atoms with Crippen LogP contribution in [0.4, 0.5) is 5.69 Å². The summed E-state index contributed by atoms with van der Waals surface area (Å²) in [6.07, 6.45) is 1.41. The number of rotatable bonds is 6. The van der Waals surface area contributed by atoms with Gasteiger partial charge in [-0.1, -0.05) is 35.3 Å². The highest BCUT2D eigenvalue weighted by atomic mass is 35.5. The van der Waals surface area contributed by atoms with Crippen LogP contribution in [0, 0.1) is 0 Å². The highest BCUT2D eigenvalue weighted by Crippen LogP contribution is 2.36. The number of hydrogen-bond donors (Lipinski definition) is 1. The van der Waals surface area contributed by atoms with Crippen molar-refractivity contribution < 1.29 is 9.53 Å². The summed E-state index contributed by atoms with van der Waals surface area (Å²) >= 11 is 12.0. The van der Waals surface area contributed by atoms with E-state index < -0.39 is 6.10 Å². The minimum atomic E-state index is -0.751. The SMILES string of the molecule is C[C@@H](Oc1ccc(Cl)cc1Cl)C(=O)Nc1cccc(-c2nnnn2C2CC2)c1.